The molecule has 90 valence electrons. The third-order valence-corrected chi connectivity index (χ3v) is 2.71. The first kappa shape index (κ1) is 11.7. The van der Waals surface area contributed by atoms with E-state index in [-0.39, 0.29) is 5.60 Å². The maximum Gasteiger partial charge on any atom is 0.124 e. The van der Waals surface area contributed by atoms with Crippen molar-refractivity contribution in [2.75, 3.05) is 0 Å². The van der Waals surface area contributed by atoms with E-state index in [4.69, 9.17) is 10.5 Å². The van der Waals surface area contributed by atoms with Crippen LogP contribution in [0.4, 0.5) is 0 Å². The molecule has 2 rings (SSSR count). The molecule has 0 radical (unpaired) electrons. The van der Waals surface area contributed by atoms with E-state index in [1.807, 2.05) is 12.1 Å². The molecule has 3 nitrogen and oxygen atoms in total. The number of aliphatic imine (C=N–C) groups is 1. The minimum Gasteiger partial charge on any atom is -0.487 e. The van der Waals surface area contributed by atoms with Crippen molar-refractivity contribution in [1.29, 1.82) is 0 Å². The molecule has 0 atom stereocenters. The summed E-state index contributed by atoms with van der Waals surface area (Å²) >= 11 is 0. The van der Waals surface area contributed by atoms with Crippen molar-refractivity contribution in [2.45, 2.75) is 32.8 Å². The van der Waals surface area contributed by atoms with Crippen LogP contribution >= 0.6 is 0 Å². The van der Waals surface area contributed by atoms with Gasteiger partial charge in [-0.15, -0.1) is 0 Å². The second-order valence-electron chi connectivity index (χ2n) is 5.06. The summed E-state index contributed by atoms with van der Waals surface area (Å²) in [6.45, 7) is 9.83. The summed E-state index contributed by atoms with van der Waals surface area (Å²) in [5.41, 5.74) is 8.28. The second kappa shape index (κ2) is 3.91. The predicted octanol–water partition coefficient (Wildman–Crippen LogP) is 2.75. The number of nitrogens with two attached hydrogens (primary N) is 1. The molecule has 1 aromatic rings. The van der Waals surface area contributed by atoms with Crippen LogP contribution in [0.15, 0.2) is 29.8 Å². The molecule has 1 aromatic carbocycles. The standard InChI is InChI=1S/C14H18N2O/c1-9(16-10(2)15)11-5-6-12-8-14(3,4)17-13(12)7-11/h5-7H,1,8H2,2-4H3,(H2,15,16). The lowest BCUT2D eigenvalue weighted by Crippen LogP contribution is -2.24. The Hall–Kier alpha value is -1.77. The van der Waals surface area contributed by atoms with Gasteiger partial charge in [0.1, 0.15) is 11.4 Å². The lowest BCUT2D eigenvalue weighted by Gasteiger charge is -2.16. The Morgan fingerprint density at radius 1 is 1.47 bits per heavy atom. The Kier molecular flexibility index (Phi) is 2.69. The highest BCUT2D eigenvalue weighted by molar-refractivity contribution is 5.84. The summed E-state index contributed by atoms with van der Waals surface area (Å²) in [7, 11) is 0. The zero-order chi connectivity index (χ0) is 12.6. The third-order valence-electron chi connectivity index (χ3n) is 2.71. The average Bonchev–Trinajstić information content (AvgIpc) is 2.48. The first-order valence-electron chi connectivity index (χ1n) is 5.69. The molecule has 17 heavy (non-hydrogen) atoms. The van der Waals surface area contributed by atoms with Crippen molar-refractivity contribution >= 4 is 11.5 Å². The summed E-state index contributed by atoms with van der Waals surface area (Å²) in [4.78, 5) is 4.15. The fourth-order valence-corrected chi connectivity index (χ4v) is 2.04. The molecule has 0 saturated carbocycles. The molecule has 0 saturated heterocycles. The molecular weight excluding hydrogens is 212 g/mol. The van der Waals surface area contributed by atoms with Crippen molar-refractivity contribution in [1.82, 2.24) is 0 Å². The molecule has 0 amide bonds. The zero-order valence-corrected chi connectivity index (χ0v) is 10.6. The highest BCUT2D eigenvalue weighted by Gasteiger charge is 2.29. The topological polar surface area (TPSA) is 47.6 Å². The van der Waals surface area contributed by atoms with Gasteiger partial charge in [0.25, 0.3) is 0 Å². The average molecular weight is 230 g/mol. The molecule has 0 aromatic heterocycles. The fraction of sp³-hybridized carbons (Fsp3) is 0.357. The molecule has 3 heteroatoms. The first-order chi connectivity index (χ1) is 7.87. The van der Waals surface area contributed by atoms with Crippen LogP contribution in [0.25, 0.3) is 5.70 Å². The Balaban J connectivity index is 2.31. The van der Waals surface area contributed by atoms with Crippen molar-refractivity contribution in [2.24, 2.45) is 10.7 Å². The molecule has 1 heterocycles. The molecule has 0 fully saturated rings. The van der Waals surface area contributed by atoms with Gasteiger partial charge in [0.2, 0.25) is 0 Å². The summed E-state index contributed by atoms with van der Waals surface area (Å²) in [5.74, 6) is 1.44. The Labute approximate surface area is 102 Å². The number of ether oxygens (including phenoxy) is 1. The quantitative estimate of drug-likeness (QED) is 0.627. The van der Waals surface area contributed by atoms with Crippen molar-refractivity contribution < 1.29 is 4.74 Å². The normalized spacial score (nSPS) is 17.5. The lowest BCUT2D eigenvalue weighted by molar-refractivity contribution is 0.138. The molecule has 0 bridgehead atoms. The van der Waals surface area contributed by atoms with Crippen LogP contribution in [0, 0.1) is 0 Å². The summed E-state index contributed by atoms with van der Waals surface area (Å²) in [6, 6.07) is 6.07. The summed E-state index contributed by atoms with van der Waals surface area (Å²) in [5, 5.41) is 0. The van der Waals surface area contributed by atoms with Crippen LogP contribution in [0.1, 0.15) is 31.9 Å². The number of amidine groups is 1. The van der Waals surface area contributed by atoms with Crippen LogP contribution in [-0.2, 0) is 6.42 Å². The number of hydrogen-bond donors (Lipinski definition) is 1. The molecular formula is C14H18N2O. The van der Waals surface area contributed by atoms with Gasteiger partial charge in [-0.05, 0) is 32.4 Å². The van der Waals surface area contributed by atoms with Crippen molar-refractivity contribution in [3.63, 3.8) is 0 Å². The third kappa shape index (κ3) is 2.49. The van der Waals surface area contributed by atoms with E-state index < -0.39 is 0 Å². The minimum absolute atomic E-state index is 0.116. The summed E-state index contributed by atoms with van der Waals surface area (Å²) in [6.07, 6.45) is 0.939. The van der Waals surface area contributed by atoms with E-state index in [1.165, 1.54) is 5.56 Å². The van der Waals surface area contributed by atoms with Gasteiger partial charge in [0.05, 0.1) is 11.5 Å². The largest absolute Gasteiger partial charge is 0.487 e. The van der Waals surface area contributed by atoms with E-state index >= 15 is 0 Å². The zero-order valence-electron chi connectivity index (χ0n) is 10.6. The molecule has 0 unspecified atom stereocenters. The number of hydrogen-bond acceptors (Lipinski definition) is 2. The second-order valence-corrected chi connectivity index (χ2v) is 5.06. The summed E-state index contributed by atoms with van der Waals surface area (Å²) < 4.78 is 5.87. The van der Waals surface area contributed by atoms with E-state index in [0.29, 0.717) is 11.5 Å². The van der Waals surface area contributed by atoms with E-state index in [1.54, 1.807) is 6.92 Å². The van der Waals surface area contributed by atoms with Crippen LogP contribution in [0.2, 0.25) is 0 Å². The van der Waals surface area contributed by atoms with Crippen LogP contribution in [0.3, 0.4) is 0 Å². The van der Waals surface area contributed by atoms with Gasteiger partial charge >= 0.3 is 0 Å². The van der Waals surface area contributed by atoms with Gasteiger partial charge in [-0.1, -0.05) is 18.7 Å². The Morgan fingerprint density at radius 3 is 2.82 bits per heavy atom. The highest BCUT2D eigenvalue weighted by Crippen LogP contribution is 2.36. The van der Waals surface area contributed by atoms with Gasteiger partial charge in [0.15, 0.2) is 0 Å². The smallest absolute Gasteiger partial charge is 0.124 e. The predicted molar refractivity (Wildman–Crippen MR) is 71.2 cm³/mol. The lowest BCUT2D eigenvalue weighted by atomic mass is 10.0. The van der Waals surface area contributed by atoms with Gasteiger partial charge in [-0.2, -0.15) is 0 Å². The number of fused-ring (bicyclic) bond motifs is 1. The van der Waals surface area contributed by atoms with E-state index in [0.717, 1.165) is 17.7 Å². The molecule has 0 spiro atoms. The number of rotatable bonds is 2. The van der Waals surface area contributed by atoms with Gasteiger partial charge in [-0.25, -0.2) is 4.99 Å². The van der Waals surface area contributed by atoms with Crippen LogP contribution in [-0.4, -0.2) is 11.4 Å². The molecule has 2 N–H and O–H groups in total. The van der Waals surface area contributed by atoms with Gasteiger partial charge in [-0.3, -0.25) is 0 Å². The maximum absolute atomic E-state index is 5.87. The Morgan fingerprint density at radius 2 is 2.18 bits per heavy atom. The van der Waals surface area contributed by atoms with Crippen LogP contribution in [0.5, 0.6) is 5.75 Å². The highest BCUT2D eigenvalue weighted by atomic mass is 16.5. The molecule has 1 aliphatic rings. The van der Waals surface area contributed by atoms with E-state index in [2.05, 4.69) is 31.5 Å². The van der Waals surface area contributed by atoms with Crippen molar-refractivity contribution in [3.8, 4) is 5.75 Å². The molecule has 1 aliphatic heterocycles. The van der Waals surface area contributed by atoms with Gasteiger partial charge < -0.3 is 10.5 Å². The maximum atomic E-state index is 5.87. The number of nitrogens with zero attached hydrogens (tertiary/aromatic N) is 1. The minimum atomic E-state index is -0.116. The van der Waals surface area contributed by atoms with Crippen molar-refractivity contribution in [3.05, 3.63) is 35.9 Å². The Bertz CT molecular complexity index is 497. The fourth-order valence-electron chi connectivity index (χ4n) is 2.04. The van der Waals surface area contributed by atoms with E-state index in [9.17, 15) is 0 Å². The number of benzene rings is 1. The van der Waals surface area contributed by atoms with Gasteiger partial charge in [0, 0.05) is 12.0 Å². The first-order valence-corrected chi connectivity index (χ1v) is 5.69. The molecule has 0 aliphatic carbocycles. The monoisotopic (exact) mass is 230 g/mol. The van der Waals surface area contributed by atoms with Crippen LogP contribution < -0.4 is 10.5 Å². The SMILES string of the molecule is C=C(N=C(C)N)c1ccc2c(c1)OC(C)(C)C2.